The lowest BCUT2D eigenvalue weighted by Crippen LogP contribution is -1.91. The number of benzene rings is 8. The Hall–Kier alpha value is -5.47. The summed E-state index contributed by atoms with van der Waals surface area (Å²) in [6, 6.07) is 48.8. The standard InChI is InChI=1S/C39H22N2/c1-2-12-33-26(10-1)27-11-3-4-17-35(27)41-36-21-18-24(22-34(36)40-39(33)41)25-19-20-32-30-14-6-9-23-8-5-13-29(37(23)30)31-16-7-15-28(25)38(31)32/h1-22H. The number of hydrogen-bond acceptors (Lipinski definition) is 1. The molecule has 2 aromatic heterocycles. The Kier molecular flexibility index (Phi) is 3.95. The molecule has 0 saturated carbocycles. The van der Waals surface area contributed by atoms with Crippen molar-refractivity contribution in [2.24, 2.45) is 0 Å². The van der Waals surface area contributed by atoms with E-state index in [1.165, 1.54) is 75.9 Å². The Bertz CT molecular complexity index is 2640. The summed E-state index contributed by atoms with van der Waals surface area (Å²) < 4.78 is 2.33. The van der Waals surface area contributed by atoms with Crippen molar-refractivity contribution in [2.45, 2.75) is 0 Å². The molecule has 0 saturated heterocycles. The van der Waals surface area contributed by atoms with E-state index >= 15 is 0 Å². The van der Waals surface area contributed by atoms with Gasteiger partial charge in [-0.05, 0) is 77.8 Å². The molecule has 0 atom stereocenters. The largest absolute Gasteiger partial charge is 0.292 e. The van der Waals surface area contributed by atoms with Gasteiger partial charge in [0.15, 0.2) is 0 Å². The lowest BCUT2D eigenvalue weighted by molar-refractivity contribution is 1.31. The van der Waals surface area contributed by atoms with E-state index in [1.807, 2.05) is 0 Å². The quantitative estimate of drug-likeness (QED) is 0.156. The van der Waals surface area contributed by atoms with Gasteiger partial charge in [0.05, 0.1) is 16.6 Å². The first kappa shape index (κ1) is 21.4. The van der Waals surface area contributed by atoms with E-state index in [9.17, 15) is 0 Å². The zero-order chi connectivity index (χ0) is 26.7. The molecule has 0 aliphatic heterocycles. The first-order valence-electron chi connectivity index (χ1n) is 14.2. The van der Waals surface area contributed by atoms with Crippen LogP contribution >= 0.6 is 0 Å². The molecular weight excluding hydrogens is 496 g/mol. The minimum Gasteiger partial charge on any atom is -0.292 e. The molecule has 8 aromatic carbocycles. The smallest absolute Gasteiger partial charge is 0.146 e. The third-order valence-electron chi connectivity index (χ3n) is 9.09. The summed E-state index contributed by atoms with van der Waals surface area (Å²) >= 11 is 0. The van der Waals surface area contributed by atoms with Crippen LogP contribution in [0.1, 0.15) is 0 Å². The summed E-state index contributed by atoms with van der Waals surface area (Å²) in [7, 11) is 0. The predicted octanol–water partition coefficient (Wildman–Crippen LogP) is 10.5. The van der Waals surface area contributed by atoms with Gasteiger partial charge in [0, 0.05) is 10.8 Å². The molecule has 2 heterocycles. The summed E-state index contributed by atoms with van der Waals surface area (Å²) in [5.74, 6) is 0. The third-order valence-corrected chi connectivity index (χ3v) is 9.09. The van der Waals surface area contributed by atoms with Crippen molar-refractivity contribution in [3.63, 3.8) is 0 Å². The van der Waals surface area contributed by atoms with Crippen LogP contribution < -0.4 is 0 Å². The molecule has 2 nitrogen and oxygen atoms in total. The van der Waals surface area contributed by atoms with Gasteiger partial charge in [-0.2, -0.15) is 0 Å². The van der Waals surface area contributed by atoms with Gasteiger partial charge in [0.1, 0.15) is 5.65 Å². The van der Waals surface area contributed by atoms with E-state index in [-0.39, 0.29) is 0 Å². The second kappa shape index (κ2) is 7.59. The van der Waals surface area contributed by atoms with E-state index in [2.05, 4.69) is 138 Å². The van der Waals surface area contributed by atoms with E-state index in [4.69, 9.17) is 4.98 Å². The van der Waals surface area contributed by atoms with Crippen molar-refractivity contribution < 1.29 is 0 Å². The molecule has 0 bridgehead atoms. The summed E-state index contributed by atoms with van der Waals surface area (Å²) in [5, 5.41) is 14.2. The highest BCUT2D eigenvalue weighted by Gasteiger charge is 2.17. The van der Waals surface area contributed by atoms with E-state index in [0.29, 0.717) is 0 Å². The highest BCUT2D eigenvalue weighted by atomic mass is 15.0. The van der Waals surface area contributed by atoms with Crippen molar-refractivity contribution >= 4 is 81.4 Å². The van der Waals surface area contributed by atoms with Crippen LogP contribution in [0.3, 0.4) is 0 Å². The van der Waals surface area contributed by atoms with Crippen LogP contribution in [0.4, 0.5) is 0 Å². The van der Waals surface area contributed by atoms with Gasteiger partial charge in [-0.15, -0.1) is 0 Å². The molecule has 188 valence electrons. The van der Waals surface area contributed by atoms with Gasteiger partial charge in [0.2, 0.25) is 0 Å². The lowest BCUT2D eigenvalue weighted by Gasteiger charge is -2.16. The van der Waals surface area contributed by atoms with Crippen LogP contribution in [0.5, 0.6) is 0 Å². The van der Waals surface area contributed by atoms with Gasteiger partial charge < -0.3 is 0 Å². The molecule has 0 radical (unpaired) electrons. The summed E-state index contributed by atoms with van der Waals surface area (Å²) in [6.45, 7) is 0. The molecule has 10 aromatic rings. The summed E-state index contributed by atoms with van der Waals surface area (Å²) in [6.07, 6.45) is 0. The molecule has 2 heteroatoms. The molecule has 0 fully saturated rings. The van der Waals surface area contributed by atoms with Crippen molar-refractivity contribution in [3.05, 3.63) is 133 Å². The van der Waals surface area contributed by atoms with Gasteiger partial charge in [0.25, 0.3) is 0 Å². The molecule has 0 aliphatic carbocycles. The van der Waals surface area contributed by atoms with Crippen molar-refractivity contribution in [1.82, 2.24) is 9.38 Å². The SMILES string of the molecule is c1ccc2c(c1)c1ccccc1n1c3ccc(-c4ccc5c6cccc7cccc(c8cccc4c85)c76)cc3nc21. The molecule has 41 heavy (non-hydrogen) atoms. The van der Waals surface area contributed by atoms with Gasteiger partial charge in [-0.3, -0.25) is 4.40 Å². The minimum atomic E-state index is 1.01. The number of aromatic nitrogens is 2. The Labute approximate surface area is 235 Å². The molecular formula is C39H22N2. The Balaban J connectivity index is 1.30. The van der Waals surface area contributed by atoms with Crippen LogP contribution in [0.25, 0.3) is 92.6 Å². The first-order chi connectivity index (χ1) is 20.3. The fourth-order valence-electron chi connectivity index (χ4n) is 7.38. The maximum absolute atomic E-state index is 5.24. The Morgan fingerprint density at radius 2 is 1.05 bits per heavy atom. The third kappa shape index (κ3) is 2.69. The number of hydrogen-bond donors (Lipinski definition) is 0. The van der Waals surface area contributed by atoms with Gasteiger partial charge >= 0.3 is 0 Å². The second-order valence-electron chi connectivity index (χ2n) is 11.1. The van der Waals surface area contributed by atoms with E-state index < -0.39 is 0 Å². The average Bonchev–Trinajstić information content (AvgIpc) is 3.43. The molecule has 0 aliphatic rings. The fourth-order valence-corrected chi connectivity index (χ4v) is 7.38. The second-order valence-corrected chi connectivity index (χ2v) is 11.1. The molecule has 0 spiro atoms. The Morgan fingerprint density at radius 1 is 0.415 bits per heavy atom. The number of para-hydroxylation sites is 1. The number of nitrogens with zero attached hydrogens (tertiary/aromatic N) is 2. The van der Waals surface area contributed by atoms with Crippen molar-refractivity contribution in [3.8, 4) is 11.1 Å². The fraction of sp³-hybridized carbons (Fsp3) is 0. The Morgan fingerprint density at radius 3 is 1.88 bits per heavy atom. The summed E-state index contributed by atoms with van der Waals surface area (Å²) in [5.41, 5.74) is 6.77. The maximum atomic E-state index is 5.24. The molecule has 0 N–H and O–H groups in total. The van der Waals surface area contributed by atoms with E-state index in [0.717, 1.165) is 16.7 Å². The molecule has 10 rings (SSSR count). The molecule has 0 unspecified atom stereocenters. The van der Waals surface area contributed by atoms with Crippen molar-refractivity contribution in [1.29, 1.82) is 0 Å². The van der Waals surface area contributed by atoms with Crippen LogP contribution in [0.15, 0.2) is 133 Å². The normalized spacial score (nSPS) is 12.4. The van der Waals surface area contributed by atoms with Gasteiger partial charge in [-0.25, -0.2) is 4.98 Å². The topological polar surface area (TPSA) is 17.3 Å². The zero-order valence-corrected chi connectivity index (χ0v) is 22.1. The van der Waals surface area contributed by atoms with E-state index in [1.54, 1.807) is 0 Å². The number of imidazole rings is 1. The lowest BCUT2D eigenvalue weighted by atomic mass is 9.87. The van der Waals surface area contributed by atoms with Crippen molar-refractivity contribution in [2.75, 3.05) is 0 Å². The highest BCUT2D eigenvalue weighted by Crippen LogP contribution is 2.43. The number of fused-ring (bicyclic) bond motifs is 10. The minimum absolute atomic E-state index is 1.01. The summed E-state index contributed by atoms with van der Waals surface area (Å²) in [4.78, 5) is 5.24. The van der Waals surface area contributed by atoms with Crippen LogP contribution in [-0.4, -0.2) is 9.38 Å². The average molecular weight is 519 g/mol. The monoisotopic (exact) mass is 518 g/mol. The van der Waals surface area contributed by atoms with Crippen LogP contribution in [-0.2, 0) is 0 Å². The highest BCUT2D eigenvalue weighted by molar-refractivity contribution is 6.34. The predicted molar refractivity (Wildman–Crippen MR) is 174 cm³/mol. The number of pyridine rings is 1. The number of rotatable bonds is 1. The van der Waals surface area contributed by atoms with Crippen LogP contribution in [0.2, 0.25) is 0 Å². The maximum Gasteiger partial charge on any atom is 0.146 e. The van der Waals surface area contributed by atoms with Crippen LogP contribution in [0, 0.1) is 0 Å². The van der Waals surface area contributed by atoms with Gasteiger partial charge in [-0.1, -0.05) is 115 Å². The zero-order valence-electron chi connectivity index (χ0n) is 22.1. The first-order valence-corrected chi connectivity index (χ1v) is 14.2. The molecule has 0 amide bonds.